The van der Waals surface area contributed by atoms with E-state index in [0.29, 0.717) is 5.75 Å². The molecule has 0 amide bonds. The number of hydrogen-bond acceptors (Lipinski definition) is 1. The molecule has 0 bridgehead atoms. The normalized spacial score (nSPS) is 11.1. The highest BCUT2D eigenvalue weighted by molar-refractivity contribution is 5.84. The van der Waals surface area contributed by atoms with Gasteiger partial charge in [0.05, 0.1) is 0 Å². The van der Waals surface area contributed by atoms with Crippen molar-refractivity contribution in [3.05, 3.63) is 84.3 Å². The quantitative estimate of drug-likeness (QED) is 0.574. The third kappa shape index (κ3) is 2.61. The van der Waals surface area contributed by atoms with Crippen LogP contribution in [0.2, 0.25) is 0 Å². The molecule has 0 saturated carbocycles. The molecule has 2 heterocycles. The van der Waals surface area contributed by atoms with E-state index in [1.54, 1.807) is 6.07 Å². The Balaban J connectivity index is 1.60. The average Bonchev–Trinajstić information content (AvgIpc) is 3.20. The van der Waals surface area contributed by atoms with Gasteiger partial charge in [0.25, 0.3) is 0 Å². The SMILES string of the molecule is Oc1ccc2[nH]cc(CCc3cccn3-c3ccccc3)c2c1. The number of aryl methyl sites for hydroxylation is 2. The van der Waals surface area contributed by atoms with Gasteiger partial charge in [0.1, 0.15) is 5.75 Å². The van der Waals surface area contributed by atoms with E-state index in [1.165, 1.54) is 16.9 Å². The fraction of sp³-hybridized carbons (Fsp3) is 0.100. The molecule has 0 aliphatic rings. The van der Waals surface area contributed by atoms with E-state index in [0.717, 1.165) is 23.7 Å². The van der Waals surface area contributed by atoms with Crippen LogP contribution in [-0.2, 0) is 12.8 Å². The zero-order chi connectivity index (χ0) is 15.6. The van der Waals surface area contributed by atoms with E-state index in [1.807, 2.05) is 24.4 Å². The number of H-pyrrole nitrogens is 1. The van der Waals surface area contributed by atoms with Gasteiger partial charge in [0, 0.05) is 34.7 Å². The highest BCUT2D eigenvalue weighted by Gasteiger charge is 2.07. The van der Waals surface area contributed by atoms with Crippen LogP contribution in [0.1, 0.15) is 11.3 Å². The Morgan fingerprint density at radius 2 is 1.78 bits per heavy atom. The standard InChI is InChI=1S/C20H18N2O/c23-18-10-11-20-19(13-18)15(14-21-20)8-9-17-7-4-12-22(17)16-5-2-1-3-6-16/h1-7,10-14,21,23H,8-9H2. The first kappa shape index (κ1) is 13.7. The number of para-hydroxylation sites is 1. The van der Waals surface area contributed by atoms with Crippen LogP contribution < -0.4 is 0 Å². The summed E-state index contributed by atoms with van der Waals surface area (Å²) in [4.78, 5) is 3.27. The Labute approximate surface area is 134 Å². The number of nitrogens with zero attached hydrogens (tertiary/aromatic N) is 1. The molecular formula is C20H18N2O. The fourth-order valence-corrected chi connectivity index (χ4v) is 3.10. The van der Waals surface area contributed by atoms with Crippen molar-refractivity contribution in [1.29, 1.82) is 0 Å². The van der Waals surface area contributed by atoms with Crippen LogP contribution in [0.25, 0.3) is 16.6 Å². The lowest BCUT2D eigenvalue weighted by atomic mass is 10.1. The van der Waals surface area contributed by atoms with E-state index < -0.39 is 0 Å². The lowest BCUT2D eigenvalue weighted by Crippen LogP contribution is -2.00. The lowest BCUT2D eigenvalue weighted by molar-refractivity contribution is 0.476. The largest absolute Gasteiger partial charge is 0.508 e. The second-order valence-corrected chi connectivity index (χ2v) is 5.75. The minimum absolute atomic E-state index is 0.311. The highest BCUT2D eigenvalue weighted by Crippen LogP contribution is 2.24. The molecule has 3 nitrogen and oxygen atoms in total. The molecule has 4 aromatic rings. The van der Waals surface area contributed by atoms with Crippen LogP contribution >= 0.6 is 0 Å². The monoisotopic (exact) mass is 302 g/mol. The molecule has 2 aromatic heterocycles. The van der Waals surface area contributed by atoms with E-state index in [4.69, 9.17) is 0 Å². The molecule has 0 atom stereocenters. The van der Waals surface area contributed by atoms with Gasteiger partial charge >= 0.3 is 0 Å². The van der Waals surface area contributed by atoms with Gasteiger partial charge in [-0.25, -0.2) is 0 Å². The van der Waals surface area contributed by atoms with Gasteiger partial charge in [-0.3, -0.25) is 0 Å². The second-order valence-electron chi connectivity index (χ2n) is 5.75. The average molecular weight is 302 g/mol. The third-order valence-corrected chi connectivity index (χ3v) is 4.27. The number of nitrogens with one attached hydrogen (secondary N) is 1. The Morgan fingerprint density at radius 3 is 2.65 bits per heavy atom. The van der Waals surface area contributed by atoms with Gasteiger partial charge in [-0.1, -0.05) is 18.2 Å². The number of phenols is 1. The summed E-state index contributed by atoms with van der Waals surface area (Å²) in [6, 6.07) is 20.1. The van der Waals surface area contributed by atoms with Crippen LogP contribution in [0, 0.1) is 0 Å². The van der Waals surface area contributed by atoms with Gasteiger partial charge in [0.15, 0.2) is 0 Å². The smallest absolute Gasteiger partial charge is 0.116 e. The summed E-state index contributed by atoms with van der Waals surface area (Å²) >= 11 is 0. The number of aromatic amines is 1. The van der Waals surface area contributed by atoms with Gasteiger partial charge in [-0.15, -0.1) is 0 Å². The van der Waals surface area contributed by atoms with Crippen LogP contribution in [0.15, 0.2) is 73.1 Å². The van der Waals surface area contributed by atoms with Crippen LogP contribution in [0.3, 0.4) is 0 Å². The summed E-state index contributed by atoms with van der Waals surface area (Å²) in [5.74, 6) is 0.311. The van der Waals surface area contributed by atoms with Crippen LogP contribution in [0.4, 0.5) is 0 Å². The molecule has 0 aliphatic heterocycles. The molecule has 0 spiro atoms. The minimum Gasteiger partial charge on any atom is -0.508 e. The van der Waals surface area contributed by atoms with Crippen molar-refractivity contribution in [2.24, 2.45) is 0 Å². The summed E-state index contributed by atoms with van der Waals surface area (Å²) < 4.78 is 2.23. The van der Waals surface area contributed by atoms with Crippen LogP contribution in [-0.4, -0.2) is 14.7 Å². The van der Waals surface area contributed by atoms with Crippen molar-refractivity contribution in [3.63, 3.8) is 0 Å². The molecule has 0 unspecified atom stereocenters. The van der Waals surface area contributed by atoms with Crippen molar-refractivity contribution < 1.29 is 5.11 Å². The fourth-order valence-electron chi connectivity index (χ4n) is 3.10. The van der Waals surface area contributed by atoms with E-state index in [2.05, 4.69) is 52.1 Å². The Kier molecular flexibility index (Phi) is 3.39. The molecular weight excluding hydrogens is 284 g/mol. The summed E-state index contributed by atoms with van der Waals surface area (Å²) in [5, 5.41) is 10.8. The zero-order valence-electron chi connectivity index (χ0n) is 12.7. The first-order valence-electron chi connectivity index (χ1n) is 7.82. The molecule has 114 valence electrons. The van der Waals surface area contributed by atoms with Crippen molar-refractivity contribution in [2.45, 2.75) is 12.8 Å². The maximum Gasteiger partial charge on any atom is 0.116 e. The number of rotatable bonds is 4. The predicted octanol–water partition coefficient (Wildman–Crippen LogP) is 4.45. The van der Waals surface area contributed by atoms with Gasteiger partial charge < -0.3 is 14.7 Å². The maximum atomic E-state index is 9.70. The molecule has 23 heavy (non-hydrogen) atoms. The molecule has 0 aliphatic carbocycles. The Hall–Kier alpha value is -2.94. The number of benzene rings is 2. The molecule has 4 rings (SSSR count). The van der Waals surface area contributed by atoms with Crippen molar-refractivity contribution in [2.75, 3.05) is 0 Å². The molecule has 2 N–H and O–H groups in total. The molecule has 0 radical (unpaired) electrons. The summed E-state index contributed by atoms with van der Waals surface area (Å²) in [7, 11) is 0. The number of hydrogen-bond donors (Lipinski definition) is 2. The minimum atomic E-state index is 0.311. The topological polar surface area (TPSA) is 40.9 Å². The Morgan fingerprint density at radius 1 is 0.913 bits per heavy atom. The molecule has 2 aromatic carbocycles. The lowest BCUT2D eigenvalue weighted by Gasteiger charge is -2.09. The van der Waals surface area contributed by atoms with Gasteiger partial charge in [0.2, 0.25) is 0 Å². The third-order valence-electron chi connectivity index (χ3n) is 4.27. The first-order chi connectivity index (χ1) is 11.3. The van der Waals surface area contributed by atoms with Crippen molar-refractivity contribution >= 4 is 10.9 Å². The van der Waals surface area contributed by atoms with E-state index in [-0.39, 0.29) is 0 Å². The molecule has 0 fully saturated rings. The highest BCUT2D eigenvalue weighted by atomic mass is 16.3. The molecule has 0 saturated heterocycles. The zero-order valence-corrected chi connectivity index (χ0v) is 12.7. The predicted molar refractivity (Wildman–Crippen MR) is 93.1 cm³/mol. The number of aromatic nitrogens is 2. The molecule has 3 heteroatoms. The van der Waals surface area contributed by atoms with E-state index in [9.17, 15) is 5.11 Å². The van der Waals surface area contributed by atoms with Crippen LogP contribution in [0.5, 0.6) is 5.75 Å². The first-order valence-corrected chi connectivity index (χ1v) is 7.82. The van der Waals surface area contributed by atoms with Crippen molar-refractivity contribution in [3.8, 4) is 11.4 Å². The van der Waals surface area contributed by atoms with E-state index >= 15 is 0 Å². The summed E-state index contributed by atoms with van der Waals surface area (Å²) in [6.07, 6.45) is 6.02. The van der Waals surface area contributed by atoms with Gasteiger partial charge in [-0.05, 0) is 60.9 Å². The summed E-state index contributed by atoms with van der Waals surface area (Å²) in [6.45, 7) is 0. The van der Waals surface area contributed by atoms with Crippen molar-refractivity contribution in [1.82, 2.24) is 9.55 Å². The Bertz CT molecular complexity index is 935. The number of fused-ring (bicyclic) bond motifs is 1. The second kappa shape index (κ2) is 5.69. The maximum absolute atomic E-state index is 9.70. The number of phenolic OH excluding ortho intramolecular Hbond substituents is 1. The summed E-state index contributed by atoms with van der Waals surface area (Å²) in [5.41, 5.74) is 4.77. The van der Waals surface area contributed by atoms with Gasteiger partial charge in [-0.2, -0.15) is 0 Å². The number of aromatic hydroxyl groups is 1.